The highest BCUT2D eigenvalue weighted by Crippen LogP contribution is 2.26. The number of anilines is 1. The van der Waals surface area contributed by atoms with Gasteiger partial charge in [0, 0.05) is 37.3 Å². The van der Waals surface area contributed by atoms with Crippen LogP contribution >= 0.6 is 11.5 Å². The van der Waals surface area contributed by atoms with Crippen LogP contribution < -0.4 is 5.32 Å². The summed E-state index contributed by atoms with van der Waals surface area (Å²) in [6.07, 6.45) is 2.79. The highest BCUT2D eigenvalue weighted by Gasteiger charge is 2.04. The summed E-state index contributed by atoms with van der Waals surface area (Å²) in [5.41, 5.74) is 2.29. The second kappa shape index (κ2) is 4.78. The molecule has 0 saturated heterocycles. The molecule has 2 heterocycles. The van der Waals surface area contributed by atoms with Gasteiger partial charge in [-0.2, -0.15) is 9.47 Å². The van der Waals surface area contributed by atoms with Crippen molar-refractivity contribution in [2.24, 2.45) is 7.05 Å². The minimum absolute atomic E-state index is 0.895. The Hall–Kier alpha value is -1.88. The summed E-state index contributed by atoms with van der Waals surface area (Å²) < 4.78 is 6.32. The van der Waals surface area contributed by atoms with E-state index in [1.54, 1.807) is 0 Å². The predicted octanol–water partition coefficient (Wildman–Crippen LogP) is 2.68. The monoisotopic (exact) mass is 258 g/mol. The zero-order valence-electron chi connectivity index (χ0n) is 10.1. The summed E-state index contributed by atoms with van der Waals surface area (Å²) in [6, 6.07) is 10.3. The summed E-state index contributed by atoms with van der Waals surface area (Å²) in [5.74, 6) is 0. The van der Waals surface area contributed by atoms with E-state index < -0.39 is 0 Å². The third-order valence-corrected chi connectivity index (χ3v) is 3.81. The van der Waals surface area contributed by atoms with Crippen LogP contribution in [0.1, 0.15) is 5.69 Å². The molecule has 0 bridgehead atoms. The fourth-order valence-electron chi connectivity index (χ4n) is 1.97. The summed E-state index contributed by atoms with van der Waals surface area (Å²) >= 11 is 1.52. The zero-order valence-corrected chi connectivity index (χ0v) is 10.9. The average Bonchev–Trinajstić information content (AvgIpc) is 2.97. The first-order chi connectivity index (χ1) is 8.84. The van der Waals surface area contributed by atoms with Gasteiger partial charge in [0.2, 0.25) is 0 Å². The molecule has 5 heteroatoms. The molecule has 0 fully saturated rings. The Balaban J connectivity index is 1.68. The van der Waals surface area contributed by atoms with Crippen LogP contribution in [0.15, 0.2) is 36.5 Å². The van der Waals surface area contributed by atoms with Gasteiger partial charge >= 0.3 is 0 Å². The summed E-state index contributed by atoms with van der Waals surface area (Å²) in [7, 11) is 1.97. The molecule has 0 aliphatic heterocycles. The third-order valence-electron chi connectivity index (χ3n) is 2.97. The highest BCUT2D eigenvalue weighted by molar-refractivity contribution is 7.11. The first-order valence-corrected chi connectivity index (χ1v) is 6.67. The van der Waals surface area contributed by atoms with Crippen molar-refractivity contribution in [1.82, 2.24) is 14.2 Å². The average molecular weight is 258 g/mol. The van der Waals surface area contributed by atoms with Crippen molar-refractivity contribution in [3.63, 3.8) is 0 Å². The van der Waals surface area contributed by atoms with Gasteiger partial charge in [0.05, 0.1) is 5.52 Å². The van der Waals surface area contributed by atoms with Crippen LogP contribution in [0.25, 0.3) is 10.9 Å². The second-order valence-corrected chi connectivity index (χ2v) is 4.93. The molecule has 3 aromatic rings. The fourth-order valence-corrected chi connectivity index (χ4v) is 2.75. The SMILES string of the molecule is Cn1nccc1CCNc1snc2ccccc12. The van der Waals surface area contributed by atoms with Crippen molar-refractivity contribution < 1.29 is 0 Å². The fraction of sp³-hybridized carbons (Fsp3) is 0.231. The molecule has 0 radical (unpaired) electrons. The van der Waals surface area contributed by atoms with E-state index >= 15 is 0 Å². The van der Waals surface area contributed by atoms with E-state index in [9.17, 15) is 0 Å². The Labute approximate surface area is 109 Å². The van der Waals surface area contributed by atoms with E-state index in [1.165, 1.54) is 22.6 Å². The van der Waals surface area contributed by atoms with Crippen molar-refractivity contribution >= 4 is 27.4 Å². The van der Waals surface area contributed by atoms with Gasteiger partial charge < -0.3 is 5.32 Å². The van der Waals surface area contributed by atoms with E-state index in [0.29, 0.717) is 0 Å². The van der Waals surface area contributed by atoms with Gasteiger partial charge in [-0.15, -0.1) is 0 Å². The lowest BCUT2D eigenvalue weighted by atomic mass is 10.2. The van der Waals surface area contributed by atoms with E-state index in [4.69, 9.17) is 0 Å². The van der Waals surface area contributed by atoms with Gasteiger partial charge in [0.15, 0.2) is 0 Å². The number of benzene rings is 1. The number of aryl methyl sites for hydroxylation is 1. The molecule has 0 saturated carbocycles. The Bertz CT molecular complexity index is 656. The molecule has 2 aromatic heterocycles. The maximum absolute atomic E-state index is 4.41. The molecule has 0 atom stereocenters. The maximum Gasteiger partial charge on any atom is 0.117 e. The molecule has 1 N–H and O–H groups in total. The summed E-state index contributed by atoms with van der Waals surface area (Å²) in [5, 5.41) is 9.96. The van der Waals surface area contributed by atoms with Crippen molar-refractivity contribution in [2.75, 3.05) is 11.9 Å². The van der Waals surface area contributed by atoms with Crippen LogP contribution in [0.4, 0.5) is 5.00 Å². The lowest BCUT2D eigenvalue weighted by Crippen LogP contribution is -2.07. The first kappa shape index (κ1) is 11.2. The van der Waals surface area contributed by atoms with Crippen molar-refractivity contribution in [3.05, 3.63) is 42.2 Å². The third kappa shape index (κ3) is 2.09. The van der Waals surface area contributed by atoms with Crippen molar-refractivity contribution in [2.45, 2.75) is 6.42 Å². The largest absolute Gasteiger partial charge is 0.375 e. The molecule has 1 aromatic carbocycles. The Morgan fingerprint density at radius 1 is 1.28 bits per heavy atom. The van der Waals surface area contributed by atoms with Gasteiger partial charge in [0.25, 0.3) is 0 Å². The van der Waals surface area contributed by atoms with Crippen LogP contribution in [-0.2, 0) is 13.5 Å². The van der Waals surface area contributed by atoms with Crippen LogP contribution in [-0.4, -0.2) is 20.7 Å². The van der Waals surface area contributed by atoms with Crippen molar-refractivity contribution in [3.8, 4) is 0 Å². The number of hydrogen-bond acceptors (Lipinski definition) is 4. The minimum atomic E-state index is 0.895. The lowest BCUT2D eigenvalue weighted by Gasteiger charge is -2.04. The molecule has 0 unspecified atom stereocenters. The molecule has 3 rings (SSSR count). The summed E-state index contributed by atoms with van der Waals surface area (Å²) in [4.78, 5) is 0. The highest BCUT2D eigenvalue weighted by atomic mass is 32.1. The van der Waals surface area contributed by atoms with Crippen molar-refractivity contribution in [1.29, 1.82) is 0 Å². The topological polar surface area (TPSA) is 42.7 Å². The molecule has 0 aliphatic carbocycles. The van der Waals surface area contributed by atoms with Gasteiger partial charge in [0.1, 0.15) is 5.00 Å². The minimum Gasteiger partial charge on any atom is -0.375 e. The number of fused-ring (bicyclic) bond motifs is 1. The van der Waals surface area contributed by atoms with Crippen LogP contribution in [0.5, 0.6) is 0 Å². The molecular weight excluding hydrogens is 244 g/mol. The van der Waals surface area contributed by atoms with E-state index in [-0.39, 0.29) is 0 Å². The van der Waals surface area contributed by atoms with Crippen LogP contribution in [0.2, 0.25) is 0 Å². The molecular formula is C13H14N4S. The Kier molecular flexibility index (Phi) is 2.98. The van der Waals surface area contributed by atoms with E-state index in [1.807, 2.05) is 42.2 Å². The molecule has 0 amide bonds. The molecule has 92 valence electrons. The number of aromatic nitrogens is 3. The van der Waals surface area contributed by atoms with Gasteiger partial charge in [-0.1, -0.05) is 12.1 Å². The Morgan fingerprint density at radius 3 is 3.00 bits per heavy atom. The van der Waals surface area contributed by atoms with Gasteiger partial charge in [-0.25, -0.2) is 0 Å². The zero-order chi connectivity index (χ0) is 12.4. The molecule has 4 nitrogen and oxygen atoms in total. The number of nitrogens with one attached hydrogen (secondary N) is 1. The number of hydrogen-bond donors (Lipinski definition) is 1. The van der Waals surface area contributed by atoms with Gasteiger partial charge in [-0.05, 0) is 29.7 Å². The standard InChI is InChI=1S/C13H14N4S/c1-17-10(7-9-15-17)6-8-14-13-11-4-2-3-5-12(11)16-18-13/h2-5,7,9,14H,6,8H2,1H3. The Morgan fingerprint density at radius 2 is 2.17 bits per heavy atom. The number of rotatable bonds is 4. The quantitative estimate of drug-likeness (QED) is 0.782. The second-order valence-electron chi connectivity index (χ2n) is 4.15. The predicted molar refractivity (Wildman–Crippen MR) is 75.0 cm³/mol. The van der Waals surface area contributed by atoms with Crippen LogP contribution in [0, 0.1) is 0 Å². The first-order valence-electron chi connectivity index (χ1n) is 5.90. The summed E-state index contributed by atoms with van der Waals surface area (Å²) in [6.45, 7) is 0.895. The maximum atomic E-state index is 4.41. The molecule has 0 aliphatic rings. The van der Waals surface area contributed by atoms with E-state index in [2.05, 4.69) is 20.9 Å². The number of nitrogens with zero attached hydrogens (tertiary/aromatic N) is 3. The lowest BCUT2D eigenvalue weighted by molar-refractivity contribution is 0.711. The van der Waals surface area contributed by atoms with E-state index in [0.717, 1.165) is 23.5 Å². The smallest absolute Gasteiger partial charge is 0.117 e. The molecule has 18 heavy (non-hydrogen) atoms. The molecule has 0 spiro atoms. The van der Waals surface area contributed by atoms with Gasteiger partial charge in [-0.3, -0.25) is 4.68 Å². The van der Waals surface area contributed by atoms with Crippen LogP contribution in [0.3, 0.4) is 0 Å². The normalized spacial score (nSPS) is 10.9.